The number of nitrogens with two attached hydrogens (primary N) is 1. The number of aromatic nitrogens is 1. The third-order valence-electron chi connectivity index (χ3n) is 2.82. The summed E-state index contributed by atoms with van der Waals surface area (Å²) in [6, 6.07) is 8.98. The molecule has 0 amide bonds. The monoisotopic (exact) mass is 261 g/mol. The van der Waals surface area contributed by atoms with Crippen molar-refractivity contribution in [1.29, 1.82) is 0 Å². The first-order valence-corrected chi connectivity index (χ1v) is 5.93. The van der Waals surface area contributed by atoms with Gasteiger partial charge < -0.3 is 15.8 Å². The molecule has 0 radical (unpaired) electrons. The zero-order chi connectivity index (χ0) is 13.7. The number of rotatable bonds is 5. The Labute approximate surface area is 111 Å². The summed E-state index contributed by atoms with van der Waals surface area (Å²) in [6.45, 7) is 0.968. The van der Waals surface area contributed by atoms with E-state index in [9.17, 15) is 4.39 Å². The zero-order valence-electron chi connectivity index (χ0n) is 10.7. The summed E-state index contributed by atoms with van der Waals surface area (Å²) >= 11 is 0. The van der Waals surface area contributed by atoms with Crippen LogP contribution in [0.25, 0.3) is 0 Å². The van der Waals surface area contributed by atoms with Gasteiger partial charge in [0.1, 0.15) is 17.4 Å². The highest BCUT2D eigenvalue weighted by atomic mass is 19.1. The lowest BCUT2D eigenvalue weighted by molar-refractivity contribution is 0.414. The molecule has 0 bridgehead atoms. The van der Waals surface area contributed by atoms with Crippen LogP contribution in [0.15, 0.2) is 36.5 Å². The van der Waals surface area contributed by atoms with E-state index in [0.717, 1.165) is 11.3 Å². The molecule has 0 saturated carbocycles. The van der Waals surface area contributed by atoms with Gasteiger partial charge in [-0.3, -0.25) is 0 Å². The van der Waals surface area contributed by atoms with E-state index in [1.54, 1.807) is 7.11 Å². The smallest absolute Gasteiger partial charge is 0.132 e. The van der Waals surface area contributed by atoms with Crippen LogP contribution in [-0.4, -0.2) is 12.1 Å². The number of nitrogens with one attached hydrogen (secondary N) is 1. The van der Waals surface area contributed by atoms with Gasteiger partial charge in [0, 0.05) is 24.8 Å². The van der Waals surface area contributed by atoms with E-state index in [1.165, 1.54) is 12.3 Å². The Hall–Kier alpha value is -2.14. The van der Waals surface area contributed by atoms with E-state index in [0.29, 0.717) is 18.7 Å². The van der Waals surface area contributed by atoms with Crippen LogP contribution in [0.5, 0.6) is 5.75 Å². The van der Waals surface area contributed by atoms with E-state index in [2.05, 4.69) is 10.3 Å². The molecule has 1 aromatic carbocycles. The lowest BCUT2D eigenvalue weighted by Crippen LogP contribution is -2.15. The van der Waals surface area contributed by atoms with Crippen molar-refractivity contribution in [3.63, 3.8) is 0 Å². The Morgan fingerprint density at radius 3 is 2.58 bits per heavy atom. The fourth-order valence-corrected chi connectivity index (χ4v) is 1.73. The summed E-state index contributed by atoms with van der Waals surface area (Å²) in [5, 5.41) is 3.14. The molecule has 0 saturated heterocycles. The summed E-state index contributed by atoms with van der Waals surface area (Å²) in [5.74, 6) is 0.697. The molecule has 0 aliphatic rings. The molecule has 100 valence electrons. The summed E-state index contributed by atoms with van der Waals surface area (Å²) in [5.41, 5.74) is 7.12. The normalized spacial score (nSPS) is 10.4. The number of halogens is 1. The number of methoxy groups -OCH3 is 1. The minimum atomic E-state index is -0.338. The topological polar surface area (TPSA) is 60.2 Å². The first-order valence-electron chi connectivity index (χ1n) is 5.93. The van der Waals surface area contributed by atoms with E-state index >= 15 is 0 Å². The predicted octanol–water partition coefficient (Wildman–Crippen LogP) is 2.10. The fourth-order valence-electron chi connectivity index (χ4n) is 1.73. The Kier molecular flexibility index (Phi) is 4.30. The average molecular weight is 261 g/mol. The summed E-state index contributed by atoms with van der Waals surface area (Å²) in [7, 11) is 1.63. The second-order valence-corrected chi connectivity index (χ2v) is 4.11. The van der Waals surface area contributed by atoms with Crippen LogP contribution in [0.4, 0.5) is 10.2 Å². The molecule has 4 nitrogen and oxygen atoms in total. The summed E-state index contributed by atoms with van der Waals surface area (Å²) in [6.07, 6.45) is 1.36. The lowest BCUT2D eigenvalue weighted by atomic mass is 10.2. The molecule has 2 rings (SSSR count). The first-order chi connectivity index (χ1) is 9.20. The molecule has 3 N–H and O–H groups in total. The van der Waals surface area contributed by atoms with Crippen molar-refractivity contribution in [2.24, 2.45) is 0 Å². The van der Waals surface area contributed by atoms with Gasteiger partial charge in [-0.15, -0.1) is 0 Å². The molecule has 0 aliphatic carbocycles. The van der Waals surface area contributed by atoms with E-state index in [-0.39, 0.29) is 11.6 Å². The maximum absolute atomic E-state index is 13.5. The van der Waals surface area contributed by atoms with Crippen molar-refractivity contribution in [2.45, 2.75) is 13.1 Å². The van der Waals surface area contributed by atoms with Crippen molar-refractivity contribution in [3.05, 3.63) is 53.5 Å². The lowest BCUT2D eigenvalue weighted by Gasteiger charge is -2.08. The van der Waals surface area contributed by atoms with Crippen molar-refractivity contribution in [1.82, 2.24) is 10.3 Å². The van der Waals surface area contributed by atoms with Crippen molar-refractivity contribution >= 4 is 5.82 Å². The number of hydrogen-bond acceptors (Lipinski definition) is 4. The van der Waals surface area contributed by atoms with Gasteiger partial charge in [0.05, 0.1) is 7.11 Å². The van der Waals surface area contributed by atoms with Gasteiger partial charge in [0.15, 0.2) is 0 Å². The third kappa shape index (κ3) is 3.42. The molecule has 0 atom stereocenters. The molecule has 0 aliphatic heterocycles. The third-order valence-corrected chi connectivity index (χ3v) is 2.82. The van der Waals surface area contributed by atoms with Crippen LogP contribution in [-0.2, 0) is 13.1 Å². The number of ether oxygens (including phenoxy) is 1. The highest BCUT2D eigenvalue weighted by Gasteiger charge is 2.06. The number of anilines is 1. The van der Waals surface area contributed by atoms with Gasteiger partial charge in [0.25, 0.3) is 0 Å². The Morgan fingerprint density at radius 2 is 1.95 bits per heavy atom. The average Bonchev–Trinajstić information content (AvgIpc) is 2.43. The largest absolute Gasteiger partial charge is 0.497 e. The molecule has 2 aromatic rings. The SMILES string of the molecule is COc1ccc(CNCc2c(F)ccnc2N)cc1. The summed E-state index contributed by atoms with van der Waals surface area (Å²) < 4.78 is 18.6. The molecule has 0 unspecified atom stereocenters. The Balaban J connectivity index is 1.92. The predicted molar refractivity (Wildman–Crippen MR) is 72.1 cm³/mol. The molecule has 1 heterocycles. The molecular weight excluding hydrogens is 245 g/mol. The number of hydrogen-bond donors (Lipinski definition) is 2. The standard InChI is InChI=1S/C14H16FN3O/c1-19-11-4-2-10(3-5-11)8-17-9-12-13(15)6-7-18-14(12)16/h2-7,17H,8-9H2,1H3,(H2,16,18). The number of benzene rings is 1. The highest BCUT2D eigenvalue weighted by Crippen LogP contribution is 2.13. The van der Waals surface area contributed by atoms with Crippen LogP contribution in [0.1, 0.15) is 11.1 Å². The quantitative estimate of drug-likeness (QED) is 0.865. The molecule has 1 aromatic heterocycles. The number of pyridine rings is 1. The molecule has 0 spiro atoms. The van der Waals surface area contributed by atoms with Gasteiger partial charge in [0.2, 0.25) is 0 Å². The van der Waals surface area contributed by atoms with Crippen molar-refractivity contribution in [2.75, 3.05) is 12.8 Å². The second-order valence-electron chi connectivity index (χ2n) is 4.11. The van der Waals surface area contributed by atoms with Crippen LogP contribution < -0.4 is 15.8 Å². The Morgan fingerprint density at radius 1 is 1.21 bits per heavy atom. The van der Waals surface area contributed by atoms with Gasteiger partial charge >= 0.3 is 0 Å². The Bertz CT molecular complexity index is 523. The van der Waals surface area contributed by atoms with Crippen LogP contribution in [0, 0.1) is 5.82 Å². The maximum atomic E-state index is 13.5. The minimum Gasteiger partial charge on any atom is -0.497 e. The molecule has 19 heavy (non-hydrogen) atoms. The maximum Gasteiger partial charge on any atom is 0.132 e. The van der Waals surface area contributed by atoms with Gasteiger partial charge in [-0.25, -0.2) is 9.37 Å². The van der Waals surface area contributed by atoms with Crippen molar-refractivity contribution < 1.29 is 9.13 Å². The van der Waals surface area contributed by atoms with Crippen LogP contribution in [0.2, 0.25) is 0 Å². The number of nitrogen functional groups attached to an aromatic ring is 1. The highest BCUT2D eigenvalue weighted by molar-refractivity contribution is 5.39. The van der Waals surface area contributed by atoms with Crippen LogP contribution in [0.3, 0.4) is 0 Å². The van der Waals surface area contributed by atoms with E-state index in [4.69, 9.17) is 10.5 Å². The fraction of sp³-hybridized carbons (Fsp3) is 0.214. The minimum absolute atomic E-state index is 0.224. The van der Waals surface area contributed by atoms with Gasteiger partial charge in [-0.2, -0.15) is 0 Å². The van der Waals surface area contributed by atoms with Gasteiger partial charge in [-0.05, 0) is 23.8 Å². The van der Waals surface area contributed by atoms with E-state index < -0.39 is 0 Å². The van der Waals surface area contributed by atoms with Crippen molar-refractivity contribution in [3.8, 4) is 5.75 Å². The summed E-state index contributed by atoms with van der Waals surface area (Å²) in [4.78, 5) is 3.87. The zero-order valence-corrected chi connectivity index (χ0v) is 10.7. The van der Waals surface area contributed by atoms with Gasteiger partial charge in [-0.1, -0.05) is 12.1 Å². The number of nitrogens with zero attached hydrogens (tertiary/aromatic N) is 1. The molecule has 5 heteroatoms. The molecular formula is C14H16FN3O. The first kappa shape index (κ1) is 13.3. The van der Waals surface area contributed by atoms with E-state index in [1.807, 2.05) is 24.3 Å². The molecule has 0 fully saturated rings. The van der Waals surface area contributed by atoms with Crippen LogP contribution >= 0.6 is 0 Å². The second kappa shape index (κ2) is 6.15.